The van der Waals surface area contributed by atoms with E-state index in [4.69, 9.17) is 0 Å². The molecule has 0 bridgehead atoms. The number of amides is 1. The zero-order chi connectivity index (χ0) is 15.2. The molecule has 2 aromatic rings. The number of hydrogen-bond donors (Lipinski definition) is 1. The first-order valence-corrected chi connectivity index (χ1v) is 6.20. The molecule has 2 aromatic carbocycles. The van der Waals surface area contributed by atoms with Gasteiger partial charge < -0.3 is 5.32 Å². The zero-order valence-electron chi connectivity index (χ0n) is 10.9. The van der Waals surface area contributed by atoms with E-state index >= 15 is 0 Å². The third kappa shape index (κ3) is 4.49. The molecule has 0 spiro atoms. The second-order valence-electron chi connectivity index (χ2n) is 4.34. The van der Waals surface area contributed by atoms with Crippen molar-refractivity contribution in [3.63, 3.8) is 0 Å². The molecule has 0 radical (unpaired) electrons. The van der Waals surface area contributed by atoms with Crippen LogP contribution in [0.2, 0.25) is 0 Å². The second kappa shape index (κ2) is 6.74. The van der Waals surface area contributed by atoms with Crippen molar-refractivity contribution < 1.29 is 18.0 Å². The molecule has 0 aliphatic rings. The van der Waals surface area contributed by atoms with E-state index in [1.807, 2.05) is 0 Å². The van der Waals surface area contributed by atoms with Gasteiger partial charge in [-0.25, -0.2) is 13.2 Å². The number of rotatable bonds is 4. The topological polar surface area (TPSA) is 29.1 Å². The van der Waals surface area contributed by atoms with Crippen LogP contribution in [-0.2, 0) is 11.3 Å². The maximum atomic E-state index is 13.3. The predicted molar refractivity (Wildman–Crippen MR) is 73.6 cm³/mol. The summed E-state index contributed by atoms with van der Waals surface area (Å²) in [5.41, 5.74) is 0.724. The fourth-order valence-corrected chi connectivity index (χ4v) is 1.67. The summed E-state index contributed by atoms with van der Waals surface area (Å²) in [4.78, 5) is 11.6. The van der Waals surface area contributed by atoms with E-state index in [0.717, 1.165) is 18.2 Å². The van der Waals surface area contributed by atoms with Gasteiger partial charge in [0, 0.05) is 18.2 Å². The van der Waals surface area contributed by atoms with Gasteiger partial charge in [0.25, 0.3) is 0 Å². The van der Waals surface area contributed by atoms with Gasteiger partial charge in [-0.05, 0) is 42.0 Å². The Hall–Kier alpha value is -2.56. The maximum Gasteiger partial charge on any atom is 0.244 e. The summed E-state index contributed by atoms with van der Waals surface area (Å²) in [6.45, 7) is -0.115. The Labute approximate surface area is 119 Å². The van der Waals surface area contributed by atoms with E-state index in [1.165, 1.54) is 36.4 Å². The highest BCUT2D eigenvalue weighted by Crippen LogP contribution is 2.09. The third-order valence-corrected chi connectivity index (χ3v) is 2.76. The minimum absolute atomic E-state index is 0.0681. The lowest BCUT2D eigenvalue weighted by atomic mass is 10.2. The summed E-state index contributed by atoms with van der Waals surface area (Å²) in [5, 5.41) is 2.44. The van der Waals surface area contributed by atoms with Crippen LogP contribution in [-0.4, -0.2) is 5.91 Å². The summed E-state index contributed by atoms with van der Waals surface area (Å²) in [5.74, 6) is -1.97. The average Bonchev–Trinajstić information content (AvgIpc) is 2.47. The van der Waals surface area contributed by atoms with E-state index in [-0.39, 0.29) is 17.9 Å². The summed E-state index contributed by atoms with van der Waals surface area (Å²) < 4.78 is 39.0. The molecule has 2 rings (SSSR count). The lowest BCUT2D eigenvalue weighted by molar-refractivity contribution is -0.116. The minimum atomic E-state index is -0.584. The molecule has 0 saturated heterocycles. The van der Waals surface area contributed by atoms with Gasteiger partial charge in [-0.15, -0.1) is 0 Å². The van der Waals surface area contributed by atoms with Crippen LogP contribution < -0.4 is 5.32 Å². The fourth-order valence-electron chi connectivity index (χ4n) is 1.67. The van der Waals surface area contributed by atoms with Crippen LogP contribution in [0.25, 0.3) is 6.08 Å². The Balaban J connectivity index is 1.93. The van der Waals surface area contributed by atoms with Gasteiger partial charge in [0.1, 0.15) is 17.5 Å². The standard InChI is InChI=1S/C16H12F3NO/c17-13-4-1-11(2-5-13)3-8-16(21)20-10-12-9-14(18)6-7-15(12)19/h1-9H,10H2,(H,20,21)/b8-3+. The molecule has 5 heteroatoms. The first kappa shape index (κ1) is 14.8. The first-order chi connectivity index (χ1) is 10.0. The van der Waals surface area contributed by atoms with Crippen molar-refractivity contribution in [1.29, 1.82) is 0 Å². The molecular weight excluding hydrogens is 279 g/mol. The van der Waals surface area contributed by atoms with Crippen LogP contribution in [0.5, 0.6) is 0 Å². The quantitative estimate of drug-likeness (QED) is 0.859. The van der Waals surface area contributed by atoms with Gasteiger partial charge in [-0.1, -0.05) is 12.1 Å². The number of carbonyl (C=O) groups excluding carboxylic acids is 1. The molecule has 0 aliphatic heterocycles. The average molecular weight is 291 g/mol. The van der Waals surface area contributed by atoms with Crippen molar-refractivity contribution in [3.05, 3.63) is 77.1 Å². The van der Waals surface area contributed by atoms with E-state index in [0.29, 0.717) is 5.56 Å². The Bertz CT molecular complexity index is 666. The first-order valence-electron chi connectivity index (χ1n) is 6.20. The van der Waals surface area contributed by atoms with E-state index < -0.39 is 17.5 Å². The van der Waals surface area contributed by atoms with Gasteiger partial charge in [-0.3, -0.25) is 4.79 Å². The van der Waals surface area contributed by atoms with Crippen LogP contribution in [0.1, 0.15) is 11.1 Å². The predicted octanol–water partition coefficient (Wildman–Crippen LogP) is 3.43. The molecule has 21 heavy (non-hydrogen) atoms. The lowest BCUT2D eigenvalue weighted by Gasteiger charge is -2.04. The molecular formula is C16H12F3NO. The Kier molecular flexibility index (Phi) is 4.77. The van der Waals surface area contributed by atoms with Gasteiger partial charge >= 0.3 is 0 Å². The van der Waals surface area contributed by atoms with Crippen molar-refractivity contribution in [1.82, 2.24) is 5.32 Å². The fraction of sp³-hybridized carbons (Fsp3) is 0.0625. The van der Waals surface area contributed by atoms with Crippen molar-refractivity contribution in [2.24, 2.45) is 0 Å². The molecule has 1 N–H and O–H groups in total. The molecule has 0 atom stereocenters. The van der Waals surface area contributed by atoms with E-state index in [1.54, 1.807) is 0 Å². The number of hydrogen-bond acceptors (Lipinski definition) is 1. The van der Waals surface area contributed by atoms with Crippen molar-refractivity contribution in [2.75, 3.05) is 0 Å². The summed E-state index contributed by atoms with van der Waals surface area (Å²) >= 11 is 0. The molecule has 0 unspecified atom stereocenters. The Morgan fingerprint density at radius 2 is 1.67 bits per heavy atom. The zero-order valence-corrected chi connectivity index (χ0v) is 10.9. The molecule has 2 nitrogen and oxygen atoms in total. The maximum absolute atomic E-state index is 13.3. The number of nitrogens with one attached hydrogen (secondary N) is 1. The van der Waals surface area contributed by atoms with Crippen molar-refractivity contribution in [2.45, 2.75) is 6.54 Å². The highest BCUT2D eigenvalue weighted by molar-refractivity contribution is 5.91. The molecule has 1 amide bonds. The molecule has 0 heterocycles. The Morgan fingerprint density at radius 1 is 1.00 bits per heavy atom. The smallest absolute Gasteiger partial charge is 0.244 e. The third-order valence-electron chi connectivity index (χ3n) is 2.76. The van der Waals surface area contributed by atoms with Crippen LogP contribution >= 0.6 is 0 Å². The van der Waals surface area contributed by atoms with E-state index in [9.17, 15) is 18.0 Å². The van der Waals surface area contributed by atoms with Crippen LogP contribution in [0.3, 0.4) is 0 Å². The monoisotopic (exact) mass is 291 g/mol. The Morgan fingerprint density at radius 3 is 2.38 bits per heavy atom. The highest BCUT2D eigenvalue weighted by atomic mass is 19.1. The van der Waals surface area contributed by atoms with Gasteiger partial charge in [0.2, 0.25) is 5.91 Å². The van der Waals surface area contributed by atoms with Gasteiger partial charge in [-0.2, -0.15) is 0 Å². The minimum Gasteiger partial charge on any atom is -0.348 e. The summed E-state index contributed by atoms with van der Waals surface area (Å²) in [6.07, 6.45) is 2.74. The van der Waals surface area contributed by atoms with Crippen LogP contribution in [0, 0.1) is 17.5 Å². The molecule has 0 saturated carbocycles. The molecule has 0 aromatic heterocycles. The second-order valence-corrected chi connectivity index (χ2v) is 4.34. The molecule has 0 aliphatic carbocycles. The lowest BCUT2D eigenvalue weighted by Crippen LogP contribution is -2.21. The number of halogens is 3. The van der Waals surface area contributed by atoms with Crippen LogP contribution in [0.4, 0.5) is 13.2 Å². The van der Waals surface area contributed by atoms with Crippen molar-refractivity contribution >= 4 is 12.0 Å². The summed E-state index contributed by atoms with van der Waals surface area (Å²) in [6, 6.07) is 8.63. The normalized spacial score (nSPS) is 10.8. The molecule has 108 valence electrons. The summed E-state index contributed by atoms with van der Waals surface area (Å²) in [7, 11) is 0. The number of carbonyl (C=O) groups is 1. The molecule has 0 fully saturated rings. The van der Waals surface area contributed by atoms with Crippen LogP contribution in [0.15, 0.2) is 48.5 Å². The SMILES string of the molecule is O=C(/C=C/c1ccc(F)cc1)NCc1cc(F)ccc1F. The van der Waals surface area contributed by atoms with E-state index in [2.05, 4.69) is 5.32 Å². The van der Waals surface area contributed by atoms with Gasteiger partial charge in [0.15, 0.2) is 0 Å². The van der Waals surface area contributed by atoms with Gasteiger partial charge in [0.05, 0.1) is 0 Å². The largest absolute Gasteiger partial charge is 0.348 e. The van der Waals surface area contributed by atoms with Crippen molar-refractivity contribution in [3.8, 4) is 0 Å². The highest BCUT2D eigenvalue weighted by Gasteiger charge is 2.04. The number of benzene rings is 2.